The number of ether oxygens (including phenoxy) is 2. The van der Waals surface area contributed by atoms with Gasteiger partial charge in [-0.3, -0.25) is 14.2 Å². The molecular weight excluding hydrogens is 606 g/mol. The molecule has 0 N–H and O–H groups in total. The Hall–Kier alpha value is -4.02. The van der Waals surface area contributed by atoms with Crippen molar-refractivity contribution in [3.8, 4) is 5.75 Å². The molecule has 2 aliphatic heterocycles. The molecule has 0 radical (unpaired) electrons. The van der Waals surface area contributed by atoms with Crippen LogP contribution in [0.2, 0.25) is 0 Å². The Labute approximate surface area is 248 Å². The SMILES string of the molecule is CCOC(=O)C1=C(C)N=c2s/c(=C3/C(=O)N(CC)c4ccc(Br)cc43)c(=O)n2[C@H]1c1c(OC)ccc2ccccc12. The van der Waals surface area contributed by atoms with Crippen molar-refractivity contribution in [2.75, 3.05) is 25.2 Å². The highest BCUT2D eigenvalue weighted by atomic mass is 79.9. The standard InChI is InChI=1S/C31H26BrN3O5S/c1-5-34-21-13-12-18(32)15-20(21)25(28(34)36)27-29(37)35-26(23(30(38)40-6-2)16(3)33-31(35)41-27)24-19-10-8-7-9-17(19)11-14-22(24)39-4/h7-15,26H,5-6H2,1-4H3/b27-25+/t26-/m1/s1. The molecule has 208 valence electrons. The zero-order valence-corrected chi connectivity index (χ0v) is 25.3. The van der Waals surface area contributed by atoms with Crippen LogP contribution in [0.5, 0.6) is 5.75 Å². The van der Waals surface area contributed by atoms with Crippen molar-refractivity contribution >= 4 is 61.2 Å². The molecule has 6 rings (SSSR count). The molecule has 0 saturated carbocycles. The highest BCUT2D eigenvalue weighted by Crippen LogP contribution is 2.41. The van der Waals surface area contributed by atoms with Gasteiger partial charge in [0.05, 0.1) is 36.2 Å². The van der Waals surface area contributed by atoms with Crippen LogP contribution >= 0.6 is 27.3 Å². The third-order valence-electron chi connectivity index (χ3n) is 7.44. The summed E-state index contributed by atoms with van der Waals surface area (Å²) in [5.74, 6) is -0.284. The number of methoxy groups -OCH3 is 1. The molecule has 0 saturated heterocycles. The number of carbonyl (C=O) groups is 2. The molecule has 10 heteroatoms. The van der Waals surface area contributed by atoms with Gasteiger partial charge in [0.15, 0.2) is 4.80 Å². The second kappa shape index (κ2) is 10.4. The molecular formula is C31H26BrN3O5S. The van der Waals surface area contributed by atoms with Crippen LogP contribution in [0.4, 0.5) is 5.69 Å². The predicted molar refractivity (Wildman–Crippen MR) is 162 cm³/mol. The van der Waals surface area contributed by atoms with Crippen LogP contribution in [0.15, 0.2) is 80.1 Å². The molecule has 1 amide bonds. The van der Waals surface area contributed by atoms with Crippen molar-refractivity contribution in [1.29, 1.82) is 0 Å². The monoisotopic (exact) mass is 631 g/mol. The van der Waals surface area contributed by atoms with Crippen LogP contribution in [0.1, 0.15) is 37.9 Å². The second-order valence-corrected chi connectivity index (χ2v) is 11.5. The van der Waals surface area contributed by atoms with E-state index >= 15 is 0 Å². The lowest BCUT2D eigenvalue weighted by atomic mass is 9.90. The van der Waals surface area contributed by atoms with E-state index in [2.05, 4.69) is 15.9 Å². The molecule has 8 nitrogen and oxygen atoms in total. The minimum atomic E-state index is -0.888. The summed E-state index contributed by atoms with van der Waals surface area (Å²) in [5.41, 5.74) is 2.69. The van der Waals surface area contributed by atoms with Crippen LogP contribution < -0.4 is 24.5 Å². The molecule has 1 atom stereocenters. The number of likely N-dealkylation sites (N-methyl/N-ethyl adjacent to an activating group) is 1. The molecule has 0 spiro atoms. The number of aromatic nitrogens is 1. The lowest BCUT2D eigenvalue weighted by Crippen LogP contribution is -2.41. The van der Waals surface area contributed by atoms with E-state index in [1.807, 2.05) is 61.5 Å². The fraction of sp³-hybridized carbons (Fsp3) is 0.226. The maximum Gasteiger partial charge on any atom is 0.338 e. The van der Waals surface area contributed by atoms with E-state index in [4.69, 9.17) is 14.5 Å². The van der Waals surface area contributed by atoms with E-state index in [0.717, 1.165) is 32.3 Å². The normalized spacial score (nSPS) is 17.4. The van der Waals surface area contributed by atoms with Crippen LogP contribution in [-0.2, 0) is 14.3 Å². The third-order valence-corrected chi connectivity index (χ3v) is 8.98. The summed E-state index contributed by atoms with van der Waals surface area (Å²) in [5, 5.41) is 1.75. The molecule has 3 aromatic carbocycles. The van der Waals surface area contributed by atoms with Crippen molar-refractivity contribution in [2.45, 2.75) is 26.8 Å². The summed E-state index contributed by atoms with van der Waals surface area (Å²) in [7, 11) is 1.56. The first-order valence-electron chi connectivity index (χ1n) is 13.2. The van der Waals surface area contributed by atoms with E-state index in [9.17, 15) is 14.4 Å². The number of carbonyl (C=O) groups excluding carboxylic acids is 2. The molecule has 0 aliphatic carbocycles. The highest BCUT2D eigenvalue weighted by Gasteiger charge is 2.38. The van der Waals surface area contributed by atoms with Gasteiger partial charge in [-0.2, -0.15) is 0 Å². The summed E-state index contributed by atoms with van der Waals surface area (Å²) in [6.45, 7) is 5.99. The number of hydrogen-bond acceptors (Lipinski definition) is 7. The van der Waals surface area contributed by atoms with Gasteiger partial charge in [-0.15, -0.1) is 0 Å². The average molecular weight is 633 g/mol. The number of amides is 1. The molecule has 0 fully saturated rings. The first-order valence-corrected chi connectivity index (χ1v) is 14.8. The third kappa shape index (κ3) is 4.16. The van der Waals surface area contributed by atoms with E-state index in [-0.39, 0.29) is 22.6 Å². The van der Waals surface area contributed by atoms with Gasteiger partial charge < -0.3 is 14.4 Å². The topological polar surface area (TPSA) is 90.2 Å². The Morgan fingerprint density at radius 3 is 2.61 bits per heavy atom. The first-order chi connectivity index (χ1) is 19.8. The smallest absolute Gasteiger partial charge is 0.338 e. The average Bonchev–Trinajstić information content (AvgIpc) is 3.42. The molecule has 3 heterocycles. The summed E-state index contributed by atoms with van der Waals surface area (Å²) in [6.07, 6.45) is 0. The summed E-state index contributed by atoms with van der Waals surface area (Å²) < 4.78 is 13.9. The number of halogens is 1. The fourth-order valence-corrected chi connectivity index (χ4v) is 7.19. The Bertz CT molecular complexity index is 1990. The van der Waals surface area contributed by atoms with Crippen molar-refractivity contribution < 1.29 is 19.1 Å². The molecule has 0 unspecified atom stereocenters. The molecule has 1 aromatic heterocycles. The number of benzene rings is 3. The van der Waals surface area contributed by atoms with Crippen LogP contribution in [0, 0.1) is 0 Å². The number of allylic oxidation sites excluding steroid dienone is 1. The van der Waals surface area contributed by atoms with E-state index in [0.29, 0.717) is 39.5 Å². The number of esters is 1. The van der Waals surface area contributed by atoms with Gasteiger partial charge >= 0.3 is 5.97 Å². The van der Waals surface area contributed by atoms with Gasteiger partial charge in [0.25, 0.3) is 11.5 Å². The molecule has 2 aliphatic rings. The van der Waals surface area contributed by atoms with Crippen molar-refractivity contribution in [3.63, 3.8) is 0 Å². The minimum absolute atomic E-state index is 0.163. The lowest BCUT2D eigenvalue weighted by molar-refractivity contribution is -0.139. The number of fused-ring (bicyclic) bond motifs is 3. The highest BCUT2D eigenvalue weighted by molar-refractivity contribution is 9.10. The summed E-state index contributed by atoms with van der Waals surface area (Å²) >= 11 is 4.66. The van der Waals surface area contributed by atoms with Crippen LogP contribution in [-0.4, -0.2) is 36.7 Å². The lowest BCUT2D eigenvalue weighted by Gasteiger charge is -2.27. The van der Waals surface area contributed by atoms with Crippen molar-refractivity contribution in [1.82, 2.24) is 4.57 Å². The van der Waals surface area contributed by atoms with Gasteiger partial charge in [0.2, 0.25) is 0 Å². The van der Waals surface area contributed by atoms with E-state index in [1.165, 1.54) is 4.57 Å². The van der Waals surface area contributed by atoms with Crippen LogP contribution in [0.25, 0.3) is 16.3 Å². The molecule has 4 aromatic rings. The van der Waals surface area contributed by atoms with Gasteiger partial charge in [-0.25, -0.2) is 9.79 Å². The second-order valence-electron chi connectivity index (χ2n) is 9.61. The zero-order chi connectivity index (χ0) is 29.0. The van der Waals surface area contributed by atoms with Gasteiger partial charge in [-0.05, 0) is 55.8 Å². The Kier molecular flexibility index (Phi) is 6.91. The quantitative estimate of drug-likeness (QED) is 0.303. The Morgan fingerprint density at radius 2 is 1.88 bits per heavy atom. The fourth-order valence-electron chi connectivity index (χ4n) is 5.69. The number of anilines is 1. The van der Waals surface area contributed by atoms with Gasteiger partial charge in [0, 0.05) is 22.1 Å². The first kappa shape index (κ1) is 27.2. The summed E-state index contributed by atoms with van der Waals surface area (Å²) in [6, 6.07) is 16.2. The maximum atomic E-state index is 14.5. The van der Waals surface area contributed by atoms with Gasteiger partial charge in [-0.1, -0.05) is 57.6 Å². The number of nitrogens with zero attached hydrogens (tertiary/aromatic N) is 3. The van der Waals surface area contributed by atoms with E-state index in [1.54, 1.807) is 25.9 Å². The minimum Gasteiger partial charge on any atom is -0.496 e. The van der Waals surface area contributed by atoms with E-state index < -0.39 is 17.6 Å². The van der Waals surface area contributed by atoms with Crippen molar-refractivity contribution in [2.24, 2.45) is 4.99 Å². The maximum absolute atomic E-state index is 14.5. The summed E-state index contributed by atoms with van der Waals surface area (Å²) in [4.78, 5) is 48.4. The largest absolute Gasteiger partial charge is 0.496 e. The molecule has 41 heavy (non-hydrogen) atoms. The predicted octanol–water partition coefficient (Wildman–Crippen LogP) is 4.46. The zero-order valence-electron chi connectivity index (χ0n) is 22.9. The van der Waals surface area contributed by atoms with Crippen LogP contribution in [0.3, 0.4) is 0 Å². The molecule has 0 bridgehead atoms. The Morgan fingerprint density at radius 1 is 1.10 bits per heavy atom. The Balaban J connectivity index is 1.74. The number of hydrogen-bond donors (Lipinski definition) is 0. The van der Waals surface area contributed by atoms with Gasteiger partial charge in [0.1, 0.15) is 16.3 Å². The number of thiazole rings is 1. The number of rotatable bonds is 5. The van der Waals surface area contributed by atoms with Crippen molar-refractivity contribution in [3.05, 3.63) is 101 Å².